The lowest BCUT2D eigenvalue weighted by molar-refractivity contribution is 0.0811. The van der Waals surface area contributed by atoms with Gasteiger partial charge < -0.3 is 15.0 Å². The van der Waals surface area contributed by atoms with Crippen molar-refractivity contribution in [2.75, 3.05) is 25.5 Å². The van der Waals surface area contributed by atoms with Gasteiger partial charge in [-0.2, -0.15) is 5.10 Å². The highest BCUT2D eigenvalue weighted by Crippen LogP contribution is 2.32. The molecule has 0 bridgehead atoms. The summed E-state index contributed by atoms with van der Waals surface area (Å²) in [6.45, 7) is 10.4. The highest BCUT2D eigenvalue weighted by atomic mass is 35.5. The second-order valence-corrected chi connectivity index (χ2v) is 9.91. The highest BCUT2D eigenvalue weighted by Gasteiger charge is 2.27. The zero-order valence-corrected chi connectivity index (χ0v) is 21.7. The molecular weight excluding hydrogens is 464 g/mol. The molecule has 8 nitrogen and oxygen atoms in total. The fraction of sp³-hybridized carbons (Fsp3) is 0.462. The lowest BCUT2D eigenvalue weighted by Gasteiger charge is -2.34. The number of ketones is 1. The van der Waals surface area contributed by atoms with Gasteiger partial charge in [0.25, 0.3) is 0 Å². The van der Waals surface area contributed by atoms with Gasteiger partial charge in [0.1, 0.15) is 5.75 Å². The number of nitrogens with one attached hydrogen (secondary N) is 1. The van der Waals surface area contributed by atoms with Gasteiger partial charge >= 0.3 is 0 Å². The molecule has 1 saturated heterocycles. The number of ether oxygens (including phenoxy) is 1. The summed E-state index contributed by atoms with van der Waals surface area (Å²) in [6.07, 6.45) is 6.98. The molecule has 2 aromatic heterocycles. The first-order valence-electron chi connectivity index (χ1n) is 12.1. The van der Waals surface area contributed by atoms with Crippen LogP contribution in [0.2, 0.25) is 5.02 Å². The fourth-order valence-electron chi connectivity index (χ4n) is 4.35. The number of methoxy groups -OCH3 is 1. The molecule has 0 unspecified atom stereocenters. The summed E-state index contributed by atoms with van der Waals surface area (Å²) in [5.41, 5.74) is 2.74. The second kappa shape index (κ2) is 10.7. The monoisotopic (exact) mass is 496 g/mol. The molecule has 1 aliphatic rings. The normalized spacial score (nSPS) is 15.1. The van der Waals surface area contributed by atoms with Gasteiger partial charge in [0.2, 0.25) is 5.95 Å². The predicted octanol–water partition coefficient (Wildman–Crippen LogP) is 5.63. The molecule has 0 atom stereocenters. The number of likely N-dealkylation sites (tertiary alicyclic amines) is 1. The van der Waals surface area contributed by atoms with Gasteiger partial charge in [-0.15, -0.1) is 0 Å². The van der Waals surface area contributed by atoms with E-state index in [1.54, 1.807) is 25.6 Å². The van der Waals surface area contributed by atoms with Crippen molar-refractivity contribution < 1.29 is 9.53 Å². The summed E-state index contributed by atoms with van der Waals surface area (Å²) < 4.78 is 7.45. The highest BCUT2D eigenvalue weighted by molar-refractivity contribution is 6.32. The molecule has 3 heterocycles. The molecule has 35 heavy (non-hydrogen) atoms. The maximum absolute atomic E-state index is 13.2. The van der Waals surface area contributed by atoms with E-state index in [1.165, 1.54) is 0 Å². The maximum Gasteiger partial charge on any atom is 0.227 e. The molecule has 4 rings (SSSR count). The summed E-state index contributed by atoms with van der Waals surface area (Å²) in [6, 6.07) is 6.21. The fourth-order valence-corrected chi connectivity index (χ4v) is 4.55. The van der Waals surface area contributed by atoms with Gasteiger partial charge in [0.15, 0.2) is 5.78 Å². The number of anilines is 2. The van der Waals surface area contributed by atoms with Crippen molar-refractivity contribution in [3.63, 3.8) is 0 Å². The van der Waals surface area contributed by atoms with Crippen LogP contribution in [0, 0.1) is 5.92 Å². The third-order valence-corrected chi connectivity index (χ3v) is 6.79. The Morgan fingerprint density at radius 3 is 2.51 bits per heavy atom. The largest absolute Gasteiger partial charge is 0.495 e. The molecule has 1 aromatic carbocycles. The van der Waals surface area contributed by atoms with Gasteiger partial charge in [-0.25, -0.2) is 9.97 Å². The topological polar surface area (TPSA) is 85.2 Å². The molecular formula is C26H33ClN6O2. The lowest BCUT2D eigenvalue weighted by atomic mass is 9.88. The molecule has 0 saturated carbocycles. The molecule has 0 aliphatic carbocycles. The third kappa shape index (κ3) is 5.65. The van der Waals surface area contributed by atoms with Crippen LogP contribution >= 0.6 is 11.6 Å². The minimum Gasteiger partial charge on any atom is -0.495 e. The lowest BCUT2D eigenvalue weighted by Crippen LogP contribution is -2.40. The number of carbonyl (C=O) groups excluding carboxylic acids is 1. The summed E-state index contributed by atoms with van der Waals surface area (Å²) in [7, 11) is 1.59. The number of benzene rings is 1. The molecule has 1 fully saturated rings. The Labute approximate surface area is 211 Å². The number of rotatable bonds is 8. The van der Waals surface area contributed by atoms with Gasteiger partial charge in [0.05, 0.1) is 35.9 Å². The van der Waals surface area contributed by atoms with Crippen LogP contribution in [-0.2, 0) is 0 Å². The number of halogens is 1. The number of nitrogens with zero attached hydrogens (tertiary/aromatic N) is 5. The first-order chi connectivity index (χ1) is 16.8. The van der Waals surface area contributed by atoms with Crippen LogP contribution in [0.15, 0.2) is 36.8 Å². The summed E-state index contributed by atoms with van der Waals surface area (Å²) in [5, 5.41) is 8.02. The predicted molar refractivity (Wildman–Crippen MR) is 139 cm³/mol. The molecule has 0 spiro atoms. The minimum absolute atomic E-state index is 0.0439. The van der Waals surface area contributed by atoms with Crippen LogP contribution in [-0.4, -0.2) is 56.7 Å². The van der Waals surface area contributed by atoms with Gasteiger partial charge in [0, 0.05) is 35.3 Å². The Bertz CT molecular complexity index is 1180. The van der Waals surface area contributed by atoms with Crippen LogP contribution in [0.25, 0.3) is 11.3 Å². The van der Waals surface area contributed by atoms with Gasteiger partial charge in [-0.05, 0) is 71.8 Å². The number of Topliss-reactive ketones (excluding diaryl/α,β-unsaturated/α-hetero) is 1. The van der Waals surface area contributed by atoms with Crippen LogP contribution in [0.1, 0.15) is 56.9 Å². The van der Waals surface area contributed by atoms with E-state index in [0.717, 1.165) is 31.5 Å². The Morgan fingerprint density at radius 2 is 1.89 bits per heavy atom. The van der Waals surface area contributed by atoms with Gasteiger partial charge in [-0.1, -0.05) is 11.6 Å². The quantitative estimate of drug-likeness (QED) is 0.404. The van der Waals surface area contributed by atoms with Crippen molar-refractivity contribution in [2.24, 2.45) is 5.92 Å². The second-order valence-electron chi connectivity index (χ2n) is 9.50. The average molecular weight is 497 g/mol. The van der Waals surface area contributed by atoms with E-state index < -0.39 is 0 Å². The Balaban J connectivity index is 1.52. The maximum atomic E-state index is 13.2. The zero-order valence-electron chi connectivity index (χ0n) is 21.0. The molecule has 1 aliphatic heterocycles. The number of carbonyl (C=O) groups is 1. The van der Waals surface area contributed by atoms with Gasteiger partial charge in [-0.3, -0.25) is 9.48 Å². The van der Waals surface area contributed by atoms with Crippen molar-refractivity contribution in [3.8, 4) is 17.0 Å². The van der Waals surface area contributed by atoms with Crippen LogP contribution in [0.4, 0.5) is 11.6 Å². The SMILES string of the molecule is COc1cc(C(=O)C2CCN(C(C)C)CC2)ccc1Nc1ncc(Cl)c(-c2cnn(C(C)C)c2)n1. The van der Waals surface area contributed by atoms with Crippen molar-refractivity contribution in [2.45, 2.75) is 52.6 Å². The molecule has 3 aromatic rings. The van der Waals surface area contributed by atoms with Crippen molar-refractivity contribution in [1.82, 2.24) is 24.6 Å². The Kier molecular flexibility index (Phi) is 7.72. The number of aromatic nitrogens is 4. The van der Waals surface area contributed by atoms with Crippen LogP contribution in [0.5, 0.6) is 5.75 Å². The van der Waals surface area contributed by atoms with E-state index in [-0.39, 0.29) is 17.7 Å². The van der Waals surface area contributed by atoms with E-state index in [1.807, 2.05) is 23.0 Å². The molecule has 9 heteroatoms. The van der Waals surface area contributed by atoms with E-state index in [2.05, 4.69) is 53.0 Å². The van der Waals surface area contributed by atoms with Crippen molar-refractivity contribution >= 4 is 29.0 Å². The van der Waals surface area contributed by atoms with Crippen LogP contribution < -0.4 is 10.1 Å². The van der Waals surface area contributed by atoms with Crippen molar-refractivity contribution in [1.29, 1.82) is 0 Å². The molecule has 186 valence electrons. The van der Waals surface area contributed by atoms with E-state index in [0.29, 0.717) is 39.7 Å². The number of piperidine rings is 1. The standard InChI is InChI=1S/C26H33ClN6O2/c1-16(2)32-10-8-18(9-11-32)25(34)19-6-7-22(23(12-19)35-5)30-26-28-14-21(27)24(31-26)20-13-29-33(15-20)17(3)4/h6-7,12-18H,8-11H2,1-5H3,(H,28,30,31). The van der Waals surface area contributed by atoms with Crippen LogP contribution in [0.3, 0.4) is 0 Å². The van der Waals surface area contributed by atoms with Crippen molar-refractivity contribution in [3.05, 3.63) is 47.4 Å². The summed E-state index contributed by atoms with van der Waals surface area (Å²) >= 11 is 6.38. The molecule has 1 N–H and O–H groups in total. The average Bonchev–Trinajstić information content (AvgIpc) is 3.35. The van der Waals surface area contributed by atoms with E-state index in [9.17, 15) is 4.79 Å². The van der Waals surface area contributed by atoms with E-state index >= 15 is 0 Å². The Hall–Kier alpha value is -2.97. The summed E-state index contributed by atoms with van der Waals surface area (Å²) in [5.74, 6) is 1.15. The first-order valence-corrected chi connectivity index (χ1v) is 12.4. The Morgan fingerprint density at radius 1 is 1.14 bits per heavy atom. The first kappa shape index (κ1) is 25.1. The molecule has 0 radical (unpaired) electrons. The smallest absolute Gasteiger partial charge is 0.227 e. The zero-order chi connectivity index (χ0) is 25.1. The third-order valence-electron chi connectivity index (χ3n) is 6.51. The molecule has 0 amide bonds. The minimum atomic E-state index is 0.0439. The summed E-state index contributed by atoms with van der Waals surface area (Å²) in [4.78, 5) is 24.5. The van der Waals surface area contributed by atoms with E-state index in [4.69, 9.17) is 16.3 Å². The number of hydrogen-bond donors (Lipinski definition) is 1. The number of hydrogen-bond acceptors (Lipinski definition) is 7.